The fourth-order valence-corrected chi connectivity index (χ4v) is 2.11. The highest BCUT2D eigenvalue weighted by Crippen LogP contribution is 2.22. The lowest BCUT2D eigenvalue weighted by Crippen LogP contribution is -2.28. The van der Waals surface area contributed by atoms with E-state index in [4.69, 9.17) is 4.74 Å². The lowest BCUT2D eigenvalue weighted by molar-refractivity contribution is -0.146. The van der Waals surface area contributed by atoms with Gasteiger partial charge in [-0.25, -0.2) is 0 Å². The summed E-state index contributed by atoms with van der Waals surface area (Å²) in [6, 6.07) is 8.05. The van der Waals surface area contributed by atoms with Crippen molar-refractivity contribution in [2.45, 2.75) is 32.9 Å². The molecule has 0 amide bonds. The molecule has 1 atom stereocenters. The van der Waals surface area contributed by atoms with Gasteiger partial charge >= 0.3 is 5.97 Å². The molecule has 3 nitrogen and oxygen atoms in total. The Kier molecular flexibility index (Phi) is 5.65. The summed E-state index contributed by atoms with van der Waals surface area (Å²) in [6.45, 7) is 5.92. The summed E-state index contributed by atoms with van der Waals surface area (Å²) in [4.78, 5) is 11.4. The second kappa shape index (κ2) is 6.77. The number of carbonyl (C=O) groups is 1. The molecule has 0 unspecified atom stereocenters. The van der Waals surface area contributed by atoms with Crippen molar-refractivity contribution < 1.29 is 9.53 Å². The Morgan fingerprint density at radius 2 is 2.00 bits per heavy atom. The molecule has 0 bridgehead atoms. The number of esters is 1. The fraction of sp³-hybridized carbons (Fsp3) is 0.462. The van der Waals surface area contributed by atoms with Gasteiger partial charge in [-0.3, -0.25) is 4.79 Å². The molecule has 17 heavy (non-hydrogen) atoms. The van der Waals surface area contributed by atoms with Gasteiger partial charge in [-0.15, -0.1) is 0 Å². The third kappa shape index (κ3) is 4.88. The van der Waals surface area contributed by atoms with E-state index >= 15 is 0 Å². The second-order valence-corrected chi connectivity index (χ2v) is 5.02. The number of hydrogen-bond acceptors (Lipinski definition) is 3. The standard InChI is InChI=1S/C13H18BrNO2/c1-9(2)17-13(16)8-15-10(3)11-6-4-5-7-12(11)14/h4-7,9-10,15H,8H2,1-3H3/t10-/m0/s1. The number of rotatable bonds is 5. The largest absolute Gasteiger partial charge is 0.462 e. The summed E-state index contributed by atoms with van der Waals surface area (Å²) in [5.41, 5.74) is 1.13. The maximum atomic E-state index is 11.4. The van der Waals surface area contributed by atoms with Crippen LogP contribution in [-0.4, -0.2) is 18.6 Å². The van der Waals surface area contributed by atoms with Crippen molar-refractivity contribution in [1.82, 2.24) is 5.32 Å². The Bertz CT molecular complexity index is 379. The number of benzene rings is 1. The summed E-state index contributed by atoms with van der Waals surface area (Å²) in [6.07, 6.45) is -0.0666. The molecule has 0 radical (unpaired) electrons. The first-order valence-electron chi connectivity index (χ1n) is 5.68. The summed E-state index contributed by atoms with van der Waals surface area (Å²) in [5.74, 6) is -0.223. The number of carbonyl (C=O) groups excluding carboxylic acids is 1. The van der Waals surface area contributed by atoms with Crippen molar-refractivity contribution in [1.29, 1.82) is 0 Å². The van der Waals surface area contributed by atoms with Gasteiger partial charge in [0, 0.05) is 10.5 Å². The predicted molar refractivity (Wildman–Crippen MR) is 71.8 cm³/mol. The molecule has 0 saturated carbocycles. The summed E-state index contributed by atoms with van der Waals surface area (Å²) in [7, 11) is 0. The molecule has 1 rings (SSSR count). The smallest absolute Gasteiger partial charge is 0.320 e. The van der Waals surface area contributed by atoms with Gasteiger partial charge in [0.2, 0.25) is 0 Å². The molecule has 1 N–H and O–H groups in total. The van der Waals surface area contributed by atoms with Crippen molar-refractivity contribution in [3.05, 3.63) is 34.3 Å². The molecule has 94 valence electrons. The van der Waals surface area contributed by atoms with E-state index in [2.05, 4.69) is 21.2 Å². The van der Waals surface area contributed by atoms with Crippen molar-refractivity contribution in [2.75, 3.05) is 6.54 Å². The van der Waals surface area contributed by atoms with Crippen molar-refractivity contribution in [3.8, 4) is 0 Å². The maximum absolute atomic E-state index is 11.4. The average Bonchev–Trinajstić information content (AvgIpc) is 2.25. The second-order valence-electron chi connectivity index (χ2n) is 4.16. The van der Waals surface area contributed by atoms with Crippen LogP contribution < -0.4 is 5.32 Å². The molecule has 0 spiro atoms. The Hall–Kier alpha value is -0.870. The highest BCUT2D eigenvalue weighted by Gasteiger charge is 2.11. The molecular weight excluding hydrogens is 282 g/mol. The Morgan fingerprint density at radius 1 is 1.35 bits per heavy atom. The third-order valence-corrected chi connectivity index (χ3v) is 3.01. The summed E-state index contributed by atoms with van der Waals surface area (Å²) < 4.78 is 6.09. The molecule has 0 aliphatic carbocycles. The quantitative estimate of drug-likeness (QED) is 0.849. The van der Waals surface area contributed by atoms with Gasteiger partial charge in [0.1, 0.15) is 0 Å². The van der Waals surface area contributed by atoms with Crippen LogP contribution in [0.4, 0.5) is 0 Å². The van der Waals surface area contributed by atoms with E-state index in [0.29, 0.717) is 0 Å². The minimum Gasteiger partial charge on any atom is -0.462 e. The van der Waals surface area contributed by atoms with Crippen LogP contribution in [0.1, 0.15) is 32.4 Å². The molecule has 1 aromatic carbocycles. The first-order valence-corrected chi connectivity index (χ1v) is 6.47. The summed E-state index contributed by atoms with van der Waals surface area (Å²) in [5, 5.41) is 3.14. The van der Waals surface area contributed by atoms with Gasteiger partial charge in [0.25, 0.3) is 0 Å². The van der Waals surface area contributed by atoms with E-state index in [-0.39, 0.29) is 24.7 Å². The molecule has 0 aliphatic heterocycles. The van der Waals surface area contributed by atoms with E-state index < -0.39 is 0 Å². The number of ether oxygens (including phenoxy) is 1. The highest BCUT2D eigenvalue weighted by molar-refractivity contribution is 9.10. The van der Waals surface area contributed by atoms with Crippen molar-refractivity contribution in [2.24, 2.45) is 0 Å². The fourth-order valence-electron chi connectivity index (χ4n) is 1.48. The Morgan fingerprint density at radius 3 is 2.59 bits per heavy atom. The minimum atomic E-state index is -0.223. The Labute approximate surface area is 111 Å². The normalized spacial score (nSPS) is 12.5. The lowest BCUT2D eigenvalue weighted by Gasteiger charge is -2.16. The van der Waals surface area contributed by atoms with Crippen LogP contribution in [-0.2, 0) is 9.53 Å². The van der Waals surface area contributed by atoms with Crippen LogP contribution in [0.15, 0.2) is 28.7 Å². The zero-order valence-corrected chi connectivity index (χ0v) is 12.0. The molecule has 4 heteroatoms. The zero-order chi connectivity index (χ0) is 12.8. The number of nitrogens with one attached hydrogen (secondary N) is 1. The van der Waals surface area contributed by atoms with Crippen LogP contribution >= 0.6 is 15.9 Å². The molecule has 0 fully saturated rings. The van der Waals surface area contributed by atoms with E-state index in [1.807, 2.05) is 45.0 Å². The van der Waals surface area contributed by atoms with Crippen LogP contribution in [0.5, 0.6) is 0 Å². The zero-order valence-electron chi connectivity index (χ0n) is 10.4. The molecule has 0 saturated heterocycles. The van der Waals surface area contributed by atoms with Gasteiger partial charge in [-0.2, -0.15) is 0 Å². The average molecular weight is 300 g/mol. The molecular formula is C13H18BrNO2. The first kappa shape index (κ1) is 14.2. The van der Waals surface area contributed by atoms with E-state index in [1.54, 1.807) is 0 Å². The SMILES string of the molecule is CC(C)OC(=O)CN[C@@H](C)c1ccccc1Br. The highest BCUT2D eigenvalue weighted by atomic mass is 79.9. The topological polar surface area (TPSA) is 38.3 Å². The predicted octanol–water partition coefficient (Wildman–Crippen LogP) is 3.05. The lowest BCUT2D eigenvalue weighted by atomic mass is 10.1. The van der Waals surface area contributed by atoms with Crippen LogP contribution in [0, 0.1) is 0 Å². The molecule has 0 heterocycles. The maximum Gasteiger partial charge on any atom is 0.320 e. The number of hydrogen-bond donors (Lipinski definition) is 1. The van der Waals surface area contributed by atoms with Gasteiger partial charge in [-0.05, 0) is 32.4 Å². The molecule has 1 aromatic rings. The van der Waals surface area contributed by atoms with E-state index in [0.717, 1.165) is 10.0 Å². The first-order chi connectivity index (χ1) is 8.00. The van der Waals surface area contributed by atoms with Crippen molar-refractivity contribution in [3.63, 3.8) is 0 Å². The molecule has 0 aliphatic rings. The van der Waals surface area contributed by atoms with Gasteiger partial charge in [0.15, 0.2) is 0 Å². The van der Waals surface area contributed by atoms with Crippen molar-refractivity contribution >= 4 is 21.9 Å². The monoisotopic (exact) mass is 299 g/mol. The van der Waals surface area contributed by atoms with E-state index in [1.165, 1.54) is 0 Å². The van der Waals surface area contributed by atoms with Crippen LogP contribution in [0.3, 0.4) is 0 Å². The van der Waals surface area contributed by atoms with Gasteiger partial charge < -0.3 is 10.1 Å². The number of halogens is 1. The van der Waals surface area contributed by atoms with E-state index in [9.17, 15) is 4.79 Å². The summed E-state index contributed by atoms with van der Waals surface area (Å²) >= 11 is 3.49. The van der Waals surface area contributed by atoms with Gasteiger partial charge in [-0.1, -0.05) is 34.1 Å². The van der Waals surface area contributed by atoms with Crippen LogP contribution in [0.25, 0.3) is 0 Å². The minimum absolute atomic E-state index is 0.0666. The Balaban J connectivity index is 2.48. The van der Waals surface area contributed by atoms with Gasteiger partial charge in [0.05, 0.1) is 12.6 Å². The molecule has 0 aromatic heterocycles. The third-order valence-electron chi connectivity index (χ3n) is 2.29. The van der Waals surface area contributed by atoms with Crippen LogP contribution in [0.2, 0.25) is 0 Å².